The number of nitrogens with zero attached hydrogens (tertiary/aromatic N) is 1. The van der Waals surface area contributed by atoms with E-state index in [-0.39, 0.29) is 11.6 Å². The molecule has 106 valence electrons. The van der Waals surface area contributed by atoms with Crippen molar-refractivity contribution in [2.75, 3.05) is 13.1 Å². The molecule has 0 aliphatic carbocycles. The Morgan fingerprint density at radius 3 is 2.58 bits per heavy atom. The van der Waals surface area contributed by atoms with Gasteiger partial charge in [-0.25, -0.2) is 4.79 Å². The van der Waals surface area contributed by atoms with E-state index < -0.39 is 0 Å². The Balaban J connectivity index is 2.46. The highest BCUT2D eigenvalue weighted by atomic mass is 79.9. The summed E-state index contributed by atoms with van der Waals surface area (Å²) in [5.41, 5.74) is 1.07. The third-order valence-corrected chi connectivity index (χ3v) is 3.44. The molecule has 0 saturated carbocycles. The summed E-state index contributed by atoms with van der Waals surface area (Å²) in [5, 5.41) is 2.98. The third-order valence-electron chi connectivity index (χ3n) is 2.95. The van der Waals surface area contributed by atoms with Crippen LogP contribution in [-0.4, -0.2) is 29.6 Å². The summed E-state index contributed by atoms with van der Waals surface area (Å²) in [4.78, 5) is 13.9. The number of rotatable bonds is 4. The molecule has 19 heavy (non-hydrogen) atoms. The molecule has 0 heterocycles. The first-order chi connectivity index (χ1) is 8.84. The lowest BCUT2D eigenvalue weighted by atomic mass is 10.1. The number of halogens is 1. The molecule has 0 aliphatic heterocycles. The molecule has 1 N–H and O–H groups in total. The summed E-state index contributed by atoms with van der Waals surface area (Å²) in [5.74, 6) is 0. The Bertz CT molecular complexity index is 426. The molecule has 2 amide bonds. The van der Waals surface area contributed by atoms with E-state index in [1.54, 1.807) is 0 Å². The lowest BCUT2D eigenvalue weighted by molar-refractivity contribution is 0.150. The number of carbonyl (C=O) groups is 1. The maximum absolute atomic E-state index is 12.1. The molecule has 0 unspecified atom stereocenters. The van der Waals surface area contributed by atoms with Crippen LogP contribution in [0.5, 0.6) is 0 Å². The fourth-order valence-electron chi connectivity index (χ4n) is 2.02. The van der Waals surface area contributed by atoms with Crippen LogP contribution in [0.15, 0.2) is 28.7 Å². The van der Waals surface area contributed by atoms with Crippen molar-refractivity contribution in [2.45, 2.75) is 39.7 Å². The standard InChI is InChI=1S/C15H23BrN2O/c1-5-18(15(2,3)4)14(19)17-10-9-12-7-6-8-13(16)11-12/h6-8,11H,5,9-10H2,1-4H3,(H,17,19). The van der Waals surface area contributed by atoms with E-state index in [1.165, 1.54) is 5.56 Å². The Kier molecular flexibility index (Phi) is 5.85. The van der Waals surface area contributed by atoms with Gasteiger partial charge in [-0.1, -0.05) is 28.1 Å². The van der Waals surface area contributed by atoms with E-state index >= 15 is 0 Å². The molecule has 4 heteroatoms. The Morgan fingerprint density at radius 2 is 2.05 bits per heavy atom. The minimum Gasteiger partial charge on any atom is -0.338 e. The van der Waals surface area contributed by atoms with Gasteiger partial charge >= 0.3 is 6.03 Å². The van der Waals surface area contributed by atoms with Crippen molar-refractivity contribution in [1.82, 2.24) is 10.2 Å². The van der Waals surface area contributed by atoms with Gasteiger partial charge in [0.2, 0.25) is 0 Å². The lowest BCUT2D eigenvalue weighted by Crippen LogP contribution is -2.50. The van der Waals surface area contributed by atoms with E-state index in [0.29, 0.717) is 13.1 Å². The highest BCUT2D eigenvalue weighted by molar-refractivity contribution is 9.10. The van der Waals surface area contributed by atoms with Gasteiger partial charge in [-0.3, -0.25) is 0 Å². The second-order valence-electron chi connectivity index (χ2n) is 5.53. The predicted molar refractivity (Wildman–Crippen MR) is 83.4 cm³/mol. The molecule has 1 aromatic rings. The summed E-state index contributed by atoms with van der Waals surface area (Å²) in [6.45, 7) is 9.51. The first-order valence-corrected chi connectivity index (χ1v) is 7.44. The average Bonchev–Trinajstić information content (AvgIpc) is 2.28. The zero-order valence-electron chi connectivity index (χ0n) is 12.2. The van der Waals surface area contributed by atoms with Crippen molar-refractivity contribution in [2.24, 2.45) is 0 Å². The minimum atomic E-state index is -0.144. The number of amides is 2. The number of carbonyl (C=O) groups excluding carboxylic acids is 1. The van der Waals surface area contributed by atoms with E-state index in [1.807, 2.05) is 44.7 Å². The fourth-order valence-corrected chi connectivity index (χ4v) is 2.47. The molecule has 0 saturated heterocycles. The van der Waals surface area contributed by atoms with Crippen molar-refractivity contribution in [3.8, 4) is 0 Å². The zero-order chi connectivity index (χ0) is 14.5. The van der Waals surface area contributed by atoms with Gasteiger partial charge in [0.05, 0.1) is 0 Å². The number of nitrogens with one attached hydrogen (secondary N) is 1. The van der Waals surface area contributed by atoms with Crippen LogP contribution in [0.25, 0.3) is 0 Å². The Hall–Kier alpha value is -1.03. The molecule has 3 nitrogen and oxygen atoms in total. The predicted octanol–water partition coefficient (Wildman–Crippen LogP) is 3.82. The highest BCUT2D eigenvalue weighted by Gasteiger charge is 2.24. The zero-order valence-corrected chi connectivity index (χ0v) is 13.8. The van der Waals surface area contributed by atoms with E-state index in [9.17, 15) is 4.79 Å². The van der Waals surface area contributed by atoms with Crippen LogP contribution in [-0.2, 0) is 6.42 Å². The molecule has 0 atom stereocenters. The van der Waals surface area contributed by atoms with Crippen molar-refractivity contribution in [3.05, 3.63) is 34.3 Å². The van der Waals surface area contributed by atoms with Gasteiger partial charge < -0.3 is 10.2 Å². The second-order valence-corrected chi connectivity index (χ2v) is 6.44. The average molecular weight is 327 g/mol. The van der Waals surface area contributed by atoms with Gasteiger partial charge in [0.15, 0.2) is 0 Å². The van der Waals surface area contributed by atoms with Gasteiger partial charge in [-0.15, -0.1) is 0 Å². The number of benzene rings is 1. The van der Waals surface area contributed by atoms with Crippen LogP contribution in [0.1, 0.15) is 33.3 Å². The number of urea groups is 1. The molecule has 0 aromatic heterocycles. The van der Waals surface area contributed by atoms with Crippen molar-refractivity contribution in [1.29, 1.82) is 0 Å². The molecule has 0 fully saturated rings. The first-order valence-electron chi connectivity index (χ1n) is 6.64. The van der Waals surface area contributed by atoms with Crippen LogP contribution in [0.4, 0.5) is 4.79 Å². The monoisotopic (exact) mass is 326 g/mol. The lowest BCUT2D eigenvalue weighted by Gasteiger charge is -2.34. The molecule has 0 spiro atoms. The summed E-state index contributed by atoms with van der Waals surface area (Å²) < 4.78 is 1.07. The van der Waals surface area contributed by atoms with Crippen LogP contribution in [0, 0.1) is 0 Å². The largest absolute Gasteiger partial charge is 0.338 e. The normalized spacial score (nSPS) is 11.2. The quantitative estimate of drug-likeness (QED) is 0.896. The van der Waals surface area contributed by atoms with Gasteiger partial charge in [0, 0.05) is 23.1 Å². The van der Waals surface area contributed by atoms with Crippen LogP contribution >= 0.6 is 15.9 Å². The molecular formula is C15H23BrN2O. The maximum Gasteiger partial charge on any atom is 0.317 e. The molecule has 0 aliphatic rings. The van der Waals surface area contributed by atoms with Crippen LogP contribution < -0.4 is 5.32 Å². The van der Waals surface area contributed by atoms with Gasteiger partial charge in [0.1, 0.15) is 0 Å². The number of hydrogen-bond acceptors (Lipinski definition) is 1. The van der Waals surface area contributed by atoms with E-state index in [0.717, 1.165) is 10.9 Å². The maximum atomic E-state index is 12.1. The molecule has 1 aromatic carbocycles. The van der Waals surface area contributed by atoms with Crippen LogP contribution in [0.3, 0.4) is 0 Å². The Labute approximate surface area is 124 Å². The second kappa shape index (κ2) is 6.94. The summed E-state index contributed by atoms with van der Waals surface area (Å²) >= 11 is 3.45. The summed E-state index contributed by atoms with van der Waals surface area (Å²) in [6, 6.07) is 8.16. The summed E-state index contributed by atoms with van der Waals surface area (Å²) in [6.07, 6.45) is 0.840. The topological polar surface area (TPSA) is 32.3 Å². The van der Waals surface area contributed by atoms with Crippen molar-refractivity contribution >= 4 is 22.0 Å². The molecule has 0 bridgehead atoms. The van der Waals surface area contributed by atoms with Gasteiger partial charge in [-0.2, -0.15) is 0 Å². The molecular weight excluding hydrogens is 304 g/mol. The SMILES string of the molecule is CCN(C(=O)NCCc1cccc(Br)c1)C(C)(C)C. The summed E-state index contributed by atoms with van der Waals surface area (Å²) in [7, 11) is 0. The number of hydrogen-bond donors (Lipinski definition) is 1. The Morgan fingerprint density at radius 1 is 1.37 bits per heavy atom. The molecule has 0 radical (unpaired) electrons. The van der Waals surface area contributed by atoms with Gasteiger partial charge in [-0.05, 0) is 51.8 Å². The highest BCUT2D eigenvalue weighted by Crippen LogP contribution is 2.13. The van der Waals surface area contributed by atoms with E-state index in [2.05, 4.69) is 33.4 Å². The van der Waals surface area contributed by atoms with Crippen LogP contribution in [0.2, 0.25) is 0 Å². The van der Waals surface area contributed by atoms with Gasteiger partial charge in [0.25, 0.3) is 0 Å². The van der Waals surface area contributed by atoms with E-state index in [4.69, 9.17) is 0 Å². The third kappa shape index (κ3) is 5.23. The molecule has 1 rings (SSSR count). The van der Waals surface area contributed by atoms with Crippen molar-refractivity contribution in [3.63, 3.8) is 0 Å². The fraction of sp³-hybridized carbons (Fsp3) is 0.533. The minimum absolute atomic E-state index is 0.00463. The first kappa shape index (κ1) is 16.0. The smallest absolute Gasteiger partial charge is 0.317 e. The van der Waals surface area contributed by atoms with Crippen molar-refractivity contribution < 1.29 is 4.79 Å².